The summed E-state index contributed by atoms with van der Waals surface area (Å²) in [6.07, 6.45) is 2.01. The number of rotatable bonds is 4. The summed E-state index contributed by atoms with van der Waals surface area (Å²) in [5.74, 6) is 0. The third-order valence-corrected chi connectivity index (χ3v) is 7.61. The highest BCUT2D eigenvalue weighted by molar-refractivity contribution is 9.11. The summed E-state index contributed by atoms with van der Waals surface area (Å²) < 4.78 is 28.5. The van der Waals surface area contributed by atoms with Crippen molar-refractivity contribution in [2.45, 2.75) is 30.9 Å². The summed E-state index contributed by atoms with van der Waals surface area (Å²) >= 11 is 4.63. The van der Waals surface area contributed by atoms with Gasteiger partial charge in [-0.3, -0.25) is 0 Å². The minimum absolute atomic E-state index is 0. The minimum atomic E-state index is -3.38. The Hall–Kier alpha value is 0.340. The lowest BCUT2D eigenvalue weighted by molar-refractivity contribution is 0.232. The van der Waals surface area contributed by atoms with Gasteiger partial charge in [0.15, 0.2) is 0 Å². The first-order chi connectivity index (χ1) is 8.82. The zero-order chi connectivity index (χ0) is 14.1. The number of hydrogen-bond acceptors (Lipinski definition) is 4. The van der Waals surface area contributed by atoms with Gasteiger partial charge >= 0.3 is 0 Å². The van der Waals surface area contributed by atoms with E-state index < -0.39 is 10.0 Å². The molecule has 8 heteroatoms. The van der Waals surface area contributed by atoms with E-state index in [9.17, 15) is 8.42 Å². The molecule has 2 N–H and O–H groups in total. The standard InChI is InChI=1S/C12H19BrN2O2S2.ClH/c1-9-7-10(18-11(9)13)19(16,17)15-8-12(2)3-5-14-6-4-12;/h7,14-15H,3-6,8H2,1-2H3;1H. The van der Waals surface area contributed by atoms with Gasteiger partial charge in [-0.05, 0) is 65.8 Å². The van der Waals surface area contributed by atoms with Crippen LogP contribution in [0.15, 0.2) is 14.1 Å². The minimum Gasteiger partial charge on any atom is -0.317 e. The summed E-state index contributed by atoms with van der Waals surface area (Å²) in [4.78, 5) is 0. The van der Waals surface area contributed by atoms with Crippen molar-refractivity contribution in [2.75, 3.05) is 19.6 Å². The van der Waals surface area contributed by atoms with Gasteiger partial charge in [0.2, 0.25) is 10.0 Å². The third-order valence-electron chi connectivity index (χ3n) is 3.60. The topological polar surface area (TPSA) is 58.2 Å². The van der Waals surface area contributed by atoms with Crippen molar-refractivity contribution in [3.05, 3.63) is 15.4 Å². The van der Waals surface area contributed by atoms with E-state index in [4.69, 9.17) is 0 Å². The summed E-state index contributed by atoms with van der Waals surface area (Å²) in [5, 5.41) is 3.30. The molecule has 0 radical (unpaired) electrons. The molecular weight excluding hydrogens is 384 g/mol. The fourth-order valence-electron chi connectivity index (χ4n) is 2.11. The lowest BCUT2D eigenvalue weighted by Gasteiger charge is -2.33. The second-order valence-corrected chi connectivity index (χ2v) is 9.77. The van der Waals surface area contributed by atoms with Crippen LogP contribution >= 0.6 is 39.7 Å². The molecule has 1 saturated heterocycles. The van der Waals surface area contributed by atoms with Crippen molar-refractivity contribution in [3.8, 4) is 0 Å². The van der Waals surface area contributed by atoms with Crippen LogP contribution in [0.2, 0.25) is 0 Å². The zero-order valence-electron chi connectivity index (χ0n) is 11.5. The van der Waals surface area contributed by atoms with E-state index in [1.807, 2.05) is 6.92 Å². The number of nitrogens with one attached hydrogen (secondary N) is 2. The van der Waals surface area contributed by atoms with E-state index in [1.54, 1.807) is 6.07 Å². The molecule has 1 aliphatic rings. The highest BCUT2D eigenvalue weighted by Crippen LogP contribution is 2.31. The number of sulfonamides is 1. The number of thiophene rings is 1. The summed E-state index contributed by atoms with van der Waals surface area (Å²) in [6.45, 7) is 6.47. The highest BCUT2D eigenvalue weighted by atomic mass is 79.9. The zero-order valence-corrected chi connectivity index (χ0v) is 15.6. The Labute approximate surface area is 139 Å². The van der Waals surface area contributed by atoms with Crippen molar-refractivity contribution in [2.24, 2.45) is 5.41 Å². The number of hydrogen-bond donors (Lipinski definition) is 2. The van der Waals surface area contributed by atoms with Gasteiger partial charge in [0.05, 0.1) is 3.79 Å². The van der Waals surface area contributed by atoms with Crippen molar-refractivity contribution in [3.63, 3.8) is 0 Å². The molecule has 0 spiro atoms. The Morgan fingerprint density at radius 1 is 1.45 bits per heavy atom. The van der Waals surface area contributed by atoms with E-state index in [1.165, 1.54) is 11.3 Å². The average molecular weight is 404 g/mol. The van der Waals surface area contributed by atoms with E-state index >= 15 is 0 Å². The molecule has 0 atom stereocenters. The molecule has 0 bridgehead atoms. The van der Waals surface area contributed by atoms with E-state index in [-0.39, 0.29) is 17.8 Å². The van der Waals surface area contributed by atoms with Crippen LogP contribution in [0.25, 0.3) is 0 Å². The molecule has 4 nitrogen and oxygen atoms in total. The molecule has 2 rings (SSSR count). The number of halogens is 2. The van der Waals surface area contributed by atoms with Crippen LogP contribution in [0.4, 0.5) is 0 Å². The van der Waals surface area contributed by atoms with Gasteiger partial charge in [0.25, 0.3) is 0 Å². The van der Waals surface area contributed by atoms with Crippen molar-refractivity contribution in [1.29, 1.82) is 0 Å². The molecule has 20 heavy (non-hydrogen) atoms. The van der Waals surface area contributed by atoms with Crippen LogP contribution in [0.3, 0.4) is 0 Å². The highest BCUT2D eigenvalue weighted by Gasteiger charge is 2.29. The second-order valence-electron chi connectivity index (χ2n) is 5.41. The average Bonchev–Trinajstić information content (AvgIpc) is 2.69. The second kappa shape index (κ2) is 7.07. The molecule has 0 unspecified atom stereocenters. The monoisotopic (exact) mass is 402 g/mol. The van der Waals surface area contributed by atoms with E-state index in [0.29, 0.717) is 10.8 Å². The fourth-order valence-corrected chi connectivity index (χ4v) is 5.58. The van der Waals surface area contributed by atoms with Gasteiger partial charge in [-0.15, -0.1) is 23.7 Å². The Balaban J connectivity index is 0.00000200. The van der Waals surface area contributed by atoms with Crippen LogP contribution in [-0.4, -0.2) is 28.1 Å². The molecule has 1 aromatic heterocycles. The van der Waals surface area contributed by atoms with Gasteiger partial charge in [0.1, 0.15) is 4.21 Å². The SMILES string of the molecule is Cc1cc(S(=O)(=O)NCC2(C)CCNCC2)sc1Br.Cl. The molecule has 0 amide bonds. The van der Waals surface area contributed by atoms with Gasteiger partial charge in [-0.2, -0.15) is 0 Å². The maximum Gasteiger partial charge on any atom is 0.250 e. The molecule has 0 aromatic carbocycles. The molecule has 116 valence electrons. The first kappa shape index (κ1) is 18.4. The van der Waals surface area contributed by atoms with Crippen molar-refractivity contribution < 1.29 is 8.42 Å². The Bertz CT molecular complexity index is 534. The van der Waals surface area contributed by atoms with Gasteiger partial charge in [-0.25, -0.2) is 13.1 Å². The molecular formula is C12H20BrClN2O2S2. The molecule has 0 saturated carbocycles. The predicted octanol–water partition coefficient (Wildman–Crippen LogP) is 2.91. The molecule has 0 aliphatic carbocycles. The number of aryl methyl sites for hydroxylation is 1. The van der Waals surface area contributed by atoms with Crippen LogP contribution in [0, 0.1) is 12.3 Å². The molecule has 2 heterocycles. The molecule has 1 fully saturated rings. The normalized spacial score (nSPS) is 18.6. The summed E-state index contributed by atoms with van der Waals surface area (Å²) in [6, 6.07) is 1.71. The maximum absolute atomic E-state index is 12.2. The Morgan fingerprint density at radius 3 is 2.55 bits per heavy atom. The fraction of sp³-hybridized carbons (Fsp3) is 0.667. The first-order valence-corrected chi connectivity index (χ1v) is 9.38. The van der Waals surface area contributed by atoms with Gasteiger partial charge in [0, 0.05) is 6.54 Å². The lowest BCUT2D eigenvalue weighted by atomic mass is 9.81. The van der Waals surface area contributed by atoms with Crippen LogP contribution in [0.5, 0.6) is 0 Å². The van der Waals surface area contributed by atoms with E-state index in [2.05, 4.69) is 32.9 Å². The Kier molecular flexibility index (Phi) is 6.50. The molecule has 1 aliphatic heterocycles. The molecule has 1 aromatic rings. The van der Waals surface area contributed by atoms with Crippen molar-refractivity contribution in [1.82, 2.24) is 10.0 Å². The van der Waals surface area contributed by atoms with E-state index in [0.717, 1.165) is 35.3 Å². The smallest absolute Gasteiger partial charge is 0.250 e. The van der Waals surface area contributed by atoms with Crippen LogP contribution < -0.4 is 10.0 Å². The van der Waals surface area contributed by atoms with Crippen LogP contribution in [0.1, 0.15) is 25.3 Å². The van der Waals surface area contributed by atoms with Gasteiger partial charge in [-0.1, -0.05) is 6.92 Å². The van der Waals surface area contributed by atoms with Crippen molar-refractivity contribution >= 4 is 49.7 Å². The maximum atomic E-state index is 12.2. The first-order valence-electron chi connectivity index (χ1n) is 6.29. The predicted molar refractivity (Wildman–Crippen MR) is 89.4 cm³/mol. The van der Waals surface area contributed by atoms with Gasteiger partial charge < -0.3 is 5.32 Å². The quantitative estimate of drug-likeness (QED) is 0.812. The number of piperidine rings is 1. The third kappa shape index (κ3) is 4.42. The van der Waals surface area contributed by atoms with Crippen LogP contribution in [-0.2, 0) is 10.0 Å². The Morgan fingerprint density at radius 2 is 2.05 bits per heavy atom. The lowest BCUT2D eigenvalue weighted by Crippen LogP contribution is -2.42. The summed E-state index contributed by atoms with van der Waals surface area (Å²) in [5.41, 5.74) is 1.01. The largest absolute Gasteiger partial charge is 0.317 e. The summed E-state index contributed by atoms with van der Waals surface area (Å²) in [7, 11) is -3.38.